The molecule has 5 aromatic heterocycles. The van der Waals surface area contributed by atoms with Crippen LogP contribution in [0, 0.1) is 71.7 Å². The molecule has 0 spiro atoms. The van der Waals surface area contributed by atoms with Gasteiger partial charge in [0.15, 0.2) is 70.2 Å². The van der Waals surface area contributed by atoms with Crippen molar-refractivity contribution in [2.75, 3.05) is 132 Å². The minimum atomic E-state index is -0.260. The standard InChI is InChI=1S/C28H36FN3O4.C27H33FN2O5.C27H35FN2O4.C25H26FN3O4/c1-18(22-6-8-23(29)9-7-22)10-16-34-28-26(35-17-15-32-13-11-31(5)12-14-32)24(20(3)33)19(2)25-27(28)36-21(4)30-25;1-17(21-5-7-22(28)8-6-21)9-13-33-27-25(34-16-12-30-10-14-32-15-11-30)23(19(3)31)18(2)24-26(27)35-20(4)29-24;1-16(20-8-10-21(28)11-9-20)12-14-32-26-24(33-15-13-29-27(5,6)7)22(18(3)31)17(2)23-25(26)34-19(4)30-23;1-16(19-4-6-20(26)7-5-19)8-12-31-25-23(32-13-11-29-10-9-27-14-29)21(18(3)30)17(2)22-24(25)33-15-28-22/h6-9,18H,10-17H2,1-5H3;5-8,17H,9-16H2,1-4H3;8-11,16,29H,12-15H2,1-7H3;4-7,9-10,14-16H,8,11-13H2,1-3H3. The third-order valence-corrected chi connectivity index (χ3v) is 24.8. The largest absolute Gasteiger partial charge is 0.487 e. The van der Waals surface area contributed by atoms with E-state index in [0.717, 1.165) is 79.2 Å². The summed E-state index contributed by atoms with van der Waals surface area (Å²) in [6.07, 6.45) is 9.34. The predicted octanol–water partition coefficient (Wildman–Crippen LogP) is 21.5. The number of ketones is 4. The smallest absolute Gasteiger partial charge is 0.207 e. The molecule has 2 saturated heterocycles. The first kappa shape index (κ1) is 104. The Hall–Kier alpha value is -12.6. The molecule has 31 heteroatoms. The molecule has 0 aliphatic carbocycles. The van der Waals surface area contributed by atoms with Crippen molar-refractivity contribution in [2.45, 2.75) is 186 Å². The number of halogens is 4. The maximum absolute atomic E-state index is 13.3. The number of oxazole rings is 4. The van der Waals surface area contributed by atoms with Gasteiger partial charge in [-0.15, -0.1) is 0 Å². The maximum Gasteiger partial charge on any atom is 0.207 e. The summed E-state index contributed by atoms with van der Waals surface area (Å²) in [5.41, 5.74) is 13.1. The maximum atomic E-state index is 13.3. The molecule has 2 aliphatic heterocycles. The number of carbonyl (C=O) groups is 4. The van der Waals surface area contributed by atoms with Crippen molar-refractivity contribution >= 4 is 67.5 Å². The van der Waals surface area contributed by atoms with Gasteiger partial charge in [-0.2, -0.15) is 0 Å². The van der Waals surface area contributed by atoms with Crippen LogP contribution in [-0.4, -0.2) is 205 Å². The molecule has 738 valence electrons. The number of carbonyl (C=O) groups excluding carboxylic acids is 4. The number of morpholine rings is 1. The number of rotatable bonds is 40. The second kappa shape index (κ2) is 48.6. The highest BCUT2D eigenvalue weighted by atomic mass is 19.1. The Labute approximate surface area is 803 Å². The van der Waals surface area contributed by atoms with Crippen LogP contribution in [0.15, 0.2) is 140 Å². The van der Waals surface area contributed by atoms with Crippen molar-refractivity contribution < 1.29 is 97.0 Å². The highest BCUT2D eigenvalue weighted by Crippen LogP contribution is 2.48. The van der Waals surface area contributed by atoms with Gasteiger partial charge in [0.05, 0.1) is 74.8 Å². The van der Waals surface area contributed by atoms with Gasteiger partial charge in [-0.25, -0.2) is 42.5 Å². The van der Waals surface area contributed by atoms with Crippen molar-refractivity contribution in [3.8, 4) is 46.0 Å². The second-order valence-electron chi connectivity index (χ2n) is 36.4. The summed E-state index contributed by atoms with van der Waals surface area (Å²) in [4.78, 5) is 79.4. The van der Waals surface area contributed by atoms with Crippen LogP contribution >= 0.6 is 0 Å². The van der Waals surface area contributed by atoms with E-state index in [1.807, 2.05) is 38.5 Å². The topological polar surface area (TPSA) is 295 Å². The minimum Gasteiger partial charge on any atom is -0.487 e. The first-order chi connectivity index (χ1) is 66.0. The number of hydrogen-bond acceptors (Lipinski definition) is 26. The molecule has 4 atom stereocenters. The third-order valence-electron chi connectivity index (χ3n) is 24.8. The fraction of sp³-hybridized carbons (Fsp3) is 0.449. The zero-order valence-corrected chi connectivity index (χ0v) is 82.8. The van der Waals surface area contributed by atoms with E-state index in [1.165, 1.54) is 82.6 Å². The molecule has 0 radical (unpaired) electrons. The minimum absolute atomic E-state index is 0.0511. The Morgan fingerprint density at radius 3 is 1.02 bits per heavy atom. The van der Waals surface area contributed by atoms with Crippen LogP contribution < -0.4 is 43.2 Å². The van der Waals surface area contributed by atoms with E-state index in [-0.39, 0.29) is 75.6 Å². The summed E-state index contributed by atoms with van der Waals surface area (Å²) in [6, 6.07) is 26.0. The normalized spacial score (nSPS) is 14.1. The zero-order valence-electron chi connectivity index (χ0n) is 82.8. The Bertz CT molecular complexity index is 6260. The van der Waals surface area contributed by atoms with Crippen LogP contribution in [0.5, 0.6) is 46.0 Å². The van der Waals surface area contributed by atoms with Gasteiger partial charge in [-0.1, -0.05) is 76.2 Å². The van der Waals surface area contributed by atoms with Gasteiger partial charge in [0.25, 0.3) is 0 Å². The van der Waals surface area contributed by atoms with Crippen molar-refractivity contribution in [3.63, 3.8) is 0 Å². The Morgan fingerprint density at radius 1 is 0.399 bits per heavy atom. The molecule has 27 nitrogen and oxygen atoms in total. The Morgan fingerprint density at radius 2 is 0.703 bits per heavy atom. The number of hydrogen-bond donors (Lipinski definition) is 1. The molecular formula is C107H130F4N10O17. The van der Waals surface area contributed by atoms with Crippen LogP contribution in [0.1, 0.15) is 229 Å². The molecular weight excluding hydrogens is 1770 g/mol. The third kappa shape index (κ3) is 27.3. The second-order valence-corrected chi connectivity index (χ2v) is 36.4. The lowest BCUT2D eigenvalue weighted by Crippen LogP contribution is -2.45. The molecule has 15 rings (SSSR count). The lowest BCUT2D eigenvalue weighted by molar-refractivity contribution is 0.0320. The first-order valence-corrected chi connectivity index (χ1v) is 47.2. The van der Waals surface area contributed by atoms with Crippen LogP contribution in [0.2, 0.25) is 0 Å². The first-order valence-electron chi connectivity index (χ1n) is 47.2. The fourth-order valence-corrected chi connectivity index (χ4v) is 16.9. The predicted molar refractivity (Wildman–Crippen MR) is 522 cm³/mol. The molecule has 138 heavy (non-hydrogen) atoms. The molecule has 0 amide bonds. The number of ether oxygens (including phenoxy) is 9. The lowest BCUT2D eigenvalue weighted by Gasteiger charge is -2.32. The molecule has 2 fully saturated rings. The number of likely N-dealkylation sites (N-methyl/N-ethyl adjacent to an activating group) is 1. The van der Waals surface area contributed by atoms with E-state index in [0.29, 0.717) is 253 Å². The number of aryl methyl sites for hydroxylation is 7. The molecule has 13 aromatic rings. The van der Waals surface area contributed by atoms with Crippen LogP contribution in [0.3, 0.4) is 0 Å². The molecule has 4 unspecified atom stereocenters. The lowest BCUT2D eigenvalue weighted by atomic mass is 9.98. The van der Waals surface area contributed by atoms with E-state index in [1.54, 1.807) is 81.8 Å². The van der Waals surface area contributed by atoms with Crippen molar-refractivity contribution in [1.29, 1.82) is 0 Å². The van der Waals surface area contributed by atoms with Gasteiger partial charge in [0.2, 0.25) is 45.3 Å². The van der Waals surface area contributed by atoms with Crippen molar-refractivity contribution in [1.82, 2.24) is 49.5 Å². The van der Waals surface area contributed by atoms with Gasteiger partial charge >= 0.3 is 0 Å². The summed E-state index contributed by atoms with van der Waals surface area (Å²) >= 11 is 0. The number of benzene rings is 8. The quantitative estimate of drug-likeness (QED) is 0.0212. The molecule has 0 bridgehead atoms. The number of aromatic nitrogens is 6. The van der Waals surface area contributed by atoms with E-state index in [2.05, 4.69) is 100 Å². The summed E-state index contributed by atoms with van der Waals surface area (Å²) in [6.45, 7) is 46.1. The molecule has 7 heterocycles. The van der Waals surface area contributed by atoms with E-state index in [9.17, 15) is 36.7 Å². The number of nitrogens with one attached hydrogen (secondary N) is 1. The number of fused-ring (bicyclic) bond motifs is 4. The SMILES string of the molecule is CC(=O)c1c(OCCN2CCN(C)CC2)c(OCCC(C)c2ccc(F)cc2)c2oc(C)nc2c1C.CC(=O)c1c(OCCN2CCOCC2)c(OCCC(C)c2ccc(F)cc2)c2oc(C)nc2c1C.CC(=O)c1c(OCCNC(C)(C)C)c(OCCC(C)c2ccc(F)cc2)c2oc(C)nc2c1C.CC(=O)c1c(OCCn2ccnc2)c(OCCC(C)c2ccc(F)cc2)c2ocnc2c1C. The van der Waals surface area contributed by atoms with E-state index in [4.69, 9.17) is 60.3 Å². The molecule has 8 aromatic carbocycles. The molecule has 1 N–H and O–H groups in total. The van der Waals surface area contributed by atoms with Gasteiger partial charge in [0.1, 0.15) is 71.8 Å². The van der Waals surface area contributed by atoms with E-state index < -0.39 is 0 Å². The van der Waals surface area contributed by atoms with Gasteiger partial charge in [-0.05, 0) is 226 Å². The van der Waals surface area contributed by atoms with Crippen LogP contribution in [-0.2, 0) is 11.3 Å². The zero-order chi connectivity index (χ0) is 99.2. The average molecular weight is 1900 g/mol. The Balaban J connectivity index is 0.000000165. The van der Waals surface area contributed by atoms with Crippen LogP contribution in [0.4, 0.5) is 17.6 Å². The van der Waals surface area contributed by atoms with Gasteiger partial charge in [0, 0.05) is 97.6 Å². The fourth-order valence-electron chi connectivity index (χ4n) is 16.9. The molecule has 2 aliphatic rings. The van der Waals surface area contributed by atoms with Crippen molar-refractivity contribution in [3.05, 3.63) is 230 Å². The number of imidazole rings is 1. The monoisotopic (exact) mass is 1900 g/mol. The summed E-state index contributed by atoms with van der Waals surface area (Å²) in [7, 11) is 2.13. The van der Waals surface area contributed by atoms with Crippen LogP contribution in [0.25, 0.3) is 44.4 Å². The van der Waals surface area contributed by atoms with Gasteiger partial charge < -0.3 is 75.1 Å². The molecule has 0 saturated carbocycles. The number of nitrogens with zero attached hydrogens (tertiary/aromatic N) is 9. The van der Waals surface area contributed by atoms with Crippen molar-refractivity contribution in [2.24, 2.45) is 0 Å². The number of Topliss-reactive ketones (excluding diaryl/α,β-unsaturated/α-hetero) is 4. The summed E-state index contributed by atoms with van der Waals surface area (Å²) in [5, 5.41) is 3.38. The highest BCUT2D eigenvalue weighted by Gasteiger charge is 2.33. The van der Waals surface area contributed by atoms with Gasteiger partial charge in [-0.3, -0.25) is 29.0 Å². The summed E-state index contributed by atoms with van der Waals surface area (Å²) in [5.74, 6) is 3.79. The van der Waals surface area contributed by atoms with E-state index >= 15 is 0 Å². The average Bonchev–Trinajstić information content (AvgIpc) is 1.56. The summed E-state index contributed by atoms with van der Waals surface area (Å²) < 4.78 is 133. The Kier molecular flexibility index (Phi) is 36.8. The number of piperazine rings is 1. The highest BCUT2D eigenvalue weighted by molar-refractivity contribution is 6.08.